The molecule has 3 rings (SSSR count). The van der Waals surface area contributed by atoms with Crippen molar-refractivity contribution in [2.75, 3.05) is 18.4 Å². The summed E-state index contributed by atoms with van der Waals surface area (Å²) in [5, 5.41) is 5.11. The number of carbonyl (C=O) groups is 1. The Hall–Kier alpha value is -1.81. The molecule has 1 saturated heterocycles. The zero-order valence-corrected chi connectivity index (χ0v) is 13.0. The number of hydrogen-bond acceptors (Lipinski definition) is 2. The van der Waals surface area contributed by atoms with Gasteiger partial charge in [-0.2, -0.15) is 0 Å². The molecule has 0 aliphatic carbocycles. The van der Waals surface area contributed by atoms with Gasteiger partial charge in [-0.25, -0.2) is 4.79 Å². The first kappa shape index (κ1) is 14.1. The van der Waals surface area contributed by atoms with Gasteiger partial charge in [0.05, 0.1) is 0 Å². The van der Waals surface area contributed by atoms with Gasteiger partial charge in [0.25, 0.3) is 0 Å². The number of benzene rings is 1. The Balaban J connectivity index is 1.54. The monoisotopic (exact) mass is 300 g/mol. The molecule has 1 aliphatic heterocycles. The number of hydrogen-bond donors (Lipinski definition) is 1. The summed E-state index contributed by atoms with van der Waals surface area (Å²) in [6.45, 7) is 3.71. The fourth-order valence-electron chi connectivity index (χ4n) is 2.73. The number of amides is 2. The van der Waals surface area contributed by atoms with Crippen LogP contribution in [-0.2, 0) is 0 Å². The summed E-state index contributed by atoms with van der Waals surface area (Å²) in [5.41, 5.74) is 2.07. The van der Waals surface area contributed by atoms with E-state index in [1.165, 1.54) is 10.4 Å². The van der Waals surface area contributed by atoms with Crippen molar-refractivity contribution in [1.29, 1.82) is 0 Å². The van der Waals surface area contributed by atoms with Crippen LogP contribution >= 0.6 is 11.3 Å². The third-order valence-corrected chi connectivity index (χ3v) is 5.07. The average molecular weight is 300 g/mol. The minimum Gasteiger partial charge on any atom is -0.324 e. The summed E-state index contributed by atoms with van der Waals surface area (Å²) >= 11 is 1.82. The maximum atomic E-state index is 12.3. The van der Waals surface area contributed by atoms with E-state index in [2.05, 4.69) is 22.8 Å². The van der Waals surface area contributed by atoms with Gasteiger partial charge in [0.1, 0.15) is 0 Å². The first-order valence-corrected chi connectivity index (χ1v) is 8.26. The van der Waals surface area contributed by atoms with Crippen molar-refractivity contribution in [3.63, 3.8) is 0 Å². The Labute approximate surface area is 129 Å². The Morgan fingerprint density at radius 2 is 1.90 bits per heavy atom. The highest BCUT2D eigenvalue weighted by molar-refractivity contribution is 7.10. The molecule has 4 heteroatoms. The number of nitrogens with zero attached hydrogens (tertiary/aromatic N) is 1. The van der Waals surface area contributed by atoms with Crippen LogP contribution in [0.1, 0.15) is 29.2 Å². The first-order chi connectivity index (χ1) is 10.2. The first-order valence-electron chi connectivity index (χ1n) is 7.38. The maximum absolute atomic E-state index is 12.3. The third kappa shape index (κ3) is 3.45. The van der Waals surface area contributed by atoms with E-state index in [0.717, 1.165) is 31.6 Å². The second-order valence-corrected chi connectivity index (χ2v) is 6.55. The van der Waals surface area contributed by atoms with E-state index in [-0.39, 0.29) is 6.03 Å². The minimum absolute atomic E-state index is 0.0171. The van der Waals surface area contributed by atoms with Gasteiger partial charge in [0, 0.05) is 23.7 Å². The highest BCUT2D eigenvalue weighted by Gasteiger charge is 2.24. The molecule has 0 radical (unpaired) electrons. The molecule has 2 heterocycles. The summed E-state index contributed by atoms with van der Waals surface area (Å²) < 4.78 is 0. The van der Waals surface area contributed by atoms with Crippen molar-refractivity contribution in [2.24, 2.45) is 0 Å². The molecule has 2 aromatic rings. The average Bonchev–Trinajstić information content (AvgIpc) is 3.04. The zero-order valence-electron chi connectivity index (χ0n) is 12.2. The lowest BCUT2D eigenvalue weighted by molar-refractivity contribution is 0.195. The Morgan fingerprint density at radius 1 is 1.19 bits per heavy atom. The number of carbonyl (C=O) groups excluding carboxylic acids is 1. The van der Waals surface area contributed by atoms with Gasteiger partial charge < -0.3 is 10.2 Å². The van der Waals surface area contributed by atoms with E-state index in [0.29, 0.717) is 5.92 Å². The molecule has 110 valence electrons. The highest BCUT2D eigenvalue weighted by Crippen LogP contribution is 2.31. The molecular weight excluding hydrogens is 280 g/mol. The van der Waals surface area contributed by atoms with Gasteiger partial charge in [0.15, 0.2) is 0 Å². The fourth-order valence-corrected chi connectivity index (χ4v) is 3.63. The van der Waals surface area contributed by atoms with Crippen LogP contribution in [-0.4, -0.2) is 24.0 Å². The normalized spacial score (nSPS) is 16.0. The lowest BCUT2D eigenvalue weighted by Crippen LogP contribution is -2.40. The van der Waals surface area contributed by atoms with Gasteiger partial charge >= 0.3 is 6.03 Å². The number of piperidine rings is 1. The molecule has 0 bridgehead atoms. The van der Waals surface area contributed by atoms with E-state index in [9.17, 15) is 4.79 Å². The number of rotatable bonds is 2. The molecule has 1 N–H and O–H groups in total. The number of aryl methyl sites for hydroxylation is 1. The van der Waals surface area contributed by atoms with Crippen LogP contribution in [0.3, 0.4) is 0 Å². The lowest BCUT2D eigenvalue weighted by atomic mass is 9.95. The summed E-state index contributed by atoms with van der Waals surface area (Å²) in [4.78, 5) is 15.6. The Bertz CT molecular complexity index is 584. The van der Waals surface area contributed by atoms with Crippen molar-refractivity contribution < 1.29 is 4.79 Å². The molecule has 1 aromatic carbocycles. The van der Waals surface area contributed by atoms with Gasteiger partial charge in [-0.05, 0) is 49.3 Å². The largest absolute Gasteiger partial charge is 0.324 e. The van der Waals surface area contributed by atoms with Crippen LogP contribution in [0.2, 0.25) is 0 Å². The van der Waals surface area contributed by atoms with Gasteiger partial charge in [-0.15, -0.1) is 11.3 Å². The number of thiophene rings is 1. The van der Waals surface area contributed by atoms with E-state index in [4.69, 9.17) is 0 Å². The summed E-state index contributed by atoms with van der Waals surface area (Å²) in [6, 6.07) is 12.3. The second-order valence-electron chi connectivity index (χ2n) is 5.57. The molecule has 2 amide bonds. The van der Waals surface area contributed by atoms with Crippen molar-refractivity contribution in [1.82, 2.24) is 4.90 Å². The lowest BCUT2D eigenvalue weighted by Gasteiger charge is -2.31. The molecule has 21 heavy (non-hydrogen) atoms. The summed E-state index contributed by atoms with van der Waals surface area (Å²) in [5.74, 6) is 0.619. The SMILES string of the molecule is Cc1ccc(NC(=O)N2CCC(c3cccs3)CC2)cc1. The smallest absolute Gasteiger partial charge is 0.321 e. The Kier molecular flexibility index (Phi) is 4.25. The highest BCUT2D eigenvalue weighted by atomic mass is 32.1. The van der Waals surface area contributed by atoms with Gasteiger partial charge in [-0.1, -0.05) is 23.8 Å². The van der Waals surface area contributed by atoms with E-state index in [1.54, 1.807) is 0 Å². The van der Waals surface area contributed by atoms with Crippen LogP contribution in [0.4, 0.5) is 10.5 Å². The van der Waals surface area contributed by atoms with E-state index in [1.807, 2.05) is 47.4 Å². The molecule has 0 unspecified atom stereocenters. The minimum atomic E-state index is 0.0171. The van der Waals surface area contributed by atoms with Crippen molar-refractivity contribution >= 4 is 23.1 Å². The second kappa shape index (κ2) is 6.31. The van der Waals surface area contributed by atoms with Crippen LogP contribution in [0.5, 0.6) is 0 Å². The fraction of sp³-hybridized carbons (Fsp3) is 0.353. The molecule has 0 saturated carbocycles. The predicted octanol–water partition coefficient (Wildman–Crippen LogP) is 4.47. The maximum Gasteiger partial charge on any atom is 0.321 e. The number of anilines is 1. The van der Waals surface area contributed by atoms with Crippen LogP contribution < -0.4 is 5.32 Å². The molecular formula is C17H20N2OS. The van der Waals surface area contributed by atoms with Crippen LogP contribution in [0, 0.1) is 6.92 Å². The van der Waals surface area contributed by atoms with Gasteiger partial charge in [-0.3, -0.25) is 0 Å². The molecule has 3 nitrogen and oxygen atoms in total. The van der Waals surface area contributed by atoms with Crippen molar-refractivity contribution in [3.05, 3.63) is 52.2 Å². The molecule has 1 fully saturated rings. The summed E-state index contributed by atoms with van der Waals surface area (Å²) in [7, 11) is 0. The predicted molar refractivity (Wildman–Crippen MR) is 88.1 cm³/mol. The van der Waals surface area contributed by atoms with Crippen molar-refractivity contribution in [3.8, 4) is 0 Å². The van der Waals surface area contributed by atoms with E-state index < -0.39 is 0 Å². The van der Waals surface area contributed by atoms with Crippen LogP contribution in [0.25, 0.3) is 0 Å². The number of nitrogens with one attached hydrogen (secondary N) is 1. The van der Waals surface area contributed by atoms with Crippen molar-refractivity contribution in [2.45, 2.75) is 25.7 Å². The quantitative estimate of drug-likeness (QED) is 0.872. The number of likely N-dealkylation sites (tertiary alicyclic amines) is 1. The summed E-state index contributed by atoms with van der Waals surface area (Å²) in [6.07, 6.45) is 2.11. The number of urea groups is 1. The van der Waals surface area contributed by atoms with Crippen LogP contribution in [0.15, 0.2) is 41.8 Å². The topological polar surface area (TPSA) is 32.3 Å². The van der Waals surface area contributed by atoms with Gasteiger partial charge in [0.2, 0.25) is 0 Å². The standard InChI is InChI=1S/C17H20N2OS/c1-13-4-6-15(7-5-13)18-17(20)19-10-8-14(9-11-19)16-3-2-12-21-16/h2-7,12,14H,8-11H2,1H3,(H,18,20). The van der Waals surface area contributed by atoms with E-state index >= 15 is 0 Å². The Morgan fingerprint density at radius 3 is 2.52 bits per heavy atom. The third-order valence-electron chi connectivity index (χ3n) is 4.03. The molecule has 0 atom stereocenters. The molecule has 0 spiro atoms. The zero-order chi connectivity index (χ0) is 14.7. The molecule has 1 aliphatic rings. The molecule has 1 aromatic heterocycles.